The number of nitrogens with zero attached hydrogens (tertiary/aromatic N) is 1. The van der Waals surface area contributed by atoms with E-state index in [0.29, 0.717) is 16.3 Å². The van der Waals surface area contributed by atoms with Crippen molar-refractivity contribution in [1.29, 1.82) is 5.26 Å². The summed E-state index contributed by atoms with van der Waals surface area (Å²) >= 11 is 5.93. The van der Waals surface area contributed by atoms with Gasteiger partial charge in [0.1, 0.15) is 23.5 Å². The van der Waals surface area contributed by atoms with Crippen molar-refractivity contribution in [3.8, 4) is 11.8 Å². The van der Waals surface area contributed by atoms with Crippen LogP contribution >= 0.6 is 11.6 Å². The van der Waals surface area contributed by atoms with Crippen LogP contribution in [0.25, 0.3) is 0 Å². The van der Waals surface area contributed by atoms with E-state index in [4.69, 9.17) is 21.6 Å². The molecule has 0 amide bonds. The van der Waals surface area contributed by atoms with E-state index in [2.05, 4.69) is 11.4 Å². The van der Waals surface area contributed by atoms with Crippen molar-refractivity contribution in [3.63, 3.8) is 0 Å². The number of benzene rings is 1. The fraction of sp³-hybridized carbons (Fsp3) is 0.417. The maximum absolute atomic E-state index is 9.00. The summed E-state index contributed by atoms with van der Waals surface area (Å²) in [4.78, 5) is 0. The fourth-order valence-corrected chi connectivity index (χ4v) is 2.02. The number of rotatable bonds is 2. The Morgan fingerprint density at radius 2 is 2.38 bits per heavy atom. The summed E-state index contributed by atoms with van der Waals surface area (Å²) in [5, 5.41) is 12.7. The molecule has 3 nitrogen and oxygen atoms in total. The predicted octanol–water partition coefficient (Wildman–Crippen LogP) is 2.34. The quantitative estimate of drug-likeness (QED) is 0.857. The van der Waals surface area contributed by atoms with Crippen molar-refractivity contribution >= 4 is 11.6 Å². The summed E-state index contributed by atoms with van der Waals surface area (Å²) in [6.07, 6.45) is 2.26. The van der Waals surface area contributed by atoms with Crippen molar-refractivity contribution in [2.24, 2.45) is 0 Å². The topological polar surface area (TPSA) is 45.0 Å². The van der Waals surface area contributed by atoms with E-state index in [9.17, 15) is 0 Å². The zero-order chi connectivity index (χ0) is 11.4. The van der Waals surface area contributed by atoms with Crippen LogP contribution in [0.2, 0.25) is 5.02 Å². The standard InChI is InChI=1S/C12H13ClN2O/c13-11-4-1-5-12(10(11)7-14)16-9-3-2-6-15-8-9/h1,4-5,9,15H,2-3,6,8H2/t9-/m0/s1. The highest BCUT2D eigenvalue weighted by atomic mass is 35.5. The fourth-order valence-electron chi connectivity index (χ4n) is 1.81. The molecule has 1 fully saturated rings. The smallest absolute Gasteiger partial charge is 0.139 e. The van der Waals surface area contributed by atoms with Gasteiger partial charge >= 0.3 is 0 Å². The van der Waals surface area contributed by atoms with Gasteiger partial charge in [-0.1, -0.05) is 17.7 Å². The Kier molecular flexibility index (Phi) is 3.66. The normalized spacial score (nSPS) is 20.1. The minimum absolute atomic E-state index is 0.138. The summed E-state index contributed by atoms with van der Waals surface area (Å²) in [6, 6.07) is 7.37. The number of hydrogen-bond donors (Lipinski definition) is 1. The highest BCUT2D eigenvalue weighted by molar-refractivity contribution is 6.31. The van der Waals surface area contributed by atoms with Crippen molar-refractivity contribution < 1.29 is 4.74 Å². The van der Waals surface area contributed by atoms with Gasteiger partial charge in [-0.15, -0.1) is 0 Å². The van der Waals surface area contributed by atoms with Crippen molar-refractivity contribution in [2.75, 3.05) is 13.1 Å². The minimum Gasteiger partial charge on any atom is -0.488 e. The molecule has 0 spiro atoms. The SMILES string of the molecule is N#Cc1c(Cl)cccc1O[C@H]1CCCNC1. The van der Waals surface area contributed by atoms with Gasteiger partial charge in [-0.05, 0) is 31.5 Å². The van der Waals surface area contributed by atoms with Crippen molar-refractivity contribution in [2.45, 2.75) is 18.9 Å². The third-order valence-corrected chi connectivity index (χ3v) is 2.95. The van der Waals surface area contributed by atoms with Crippen LogP contribution in [-0.4, -0.2) is 19.2 Å². The minimum atomic E-state index is 0.138. The zero-order valence-electron chi connectivity index (χ0n) is 8.87. The molecule has 1 atom stereocenters. The third-order valence-electron chi connectivity index (χ3n) is 2.63. The largest absolute Gasteiger partial charge is 0.488 e. The van der Waals surface area contributed by atoms with E-state index in [1.165, 1.54) is 0 Å². The summed E-state index contributed by atoms with van der Waals surface area (Å²) in [5.41, 5.74) is 0.426. The number of hydrogen-bond acceptors (Lipinski definition) is 3. The van der Waals surface area contributed by atoms with Gasteiger partial charge in [0.25, 0.3) is 0 Å². The Labute approximate surface area is 100.0 Å². The molecule has 4 heteroatoms. The molecule has 1 aliphatic heterocycles. The average Bonchev–Trinajstić information content (AvgIpc) is 2.31. The molecule has 0 aromatic heterocycles. The Morgan fingerprint density at radius 1 is 1.50 bits per heavy atom. The maximum Gasteiger partial charge on any atom is 0.139 e. The first kappa shape index (κ1) is 11.3. The van der Waals surface area contributed by atoms with Crippen LogP contribution in [0.4, 0.5) is 0 Å². The number of halogens is 1. The van der Waals surface area contributed by atoms with Crippen LogP contribution in [0.1, 0.15) is 18.4 Å². The third kappa shape index (κ3) is 2.46. The Bertz CT molecular complexity index is 408. The molecule has 1 aliphatic rings. The first-order chi connectivity index (χ1) is 7.81. The molecule has 84 valence electrons. The molecular formula is C12H13ClN2O. The molecule has 16 heavy (non-hydrogen) atoms. The lowest BCUT2D eigenvalue weighted by Gasteiger charge is -2.24. The first-order valence-electron chi connectivity index (χ1n) is 5.37. The maximum atomic E-state index is 9.00. The summed E-state index contributed by atoms with van der Waals surface area (Å²) < 4.78 is 5.79. The first-order valence-corrected chi connectivity index (χ1v) is 5.75. The molecule has 0 unspecified atom stereocenters. The number of ether oxygens (including phenoxy) is 1. The molecular weight excluding hydrogens is 224 g/mol. The molecule has 1 heterocycles. The lowest BCUT2D eigenvalue weighted by Crippen LogP contribution is -2.37. The Morgan fingerprint density at radius 3 is 3.06 bits per heavy atom. The Balaban J connectivity index is 2.14. The van der Waals surface area contributed by atoms with E-state index >= 15 is 0 Å². The highest BCUT2D eigenvalue weighted by Crippen LogP contribution is 2.27. The van der Waals surface area contributed by atoms with Crippen LogP contribution in [0.5, 0.6) is 5.75 Å². The number of piperidine rings is 1. The Hall–Kier alpha value is -1.24. The van der Waals surface area contributed by atoms with Gasteiger partial charge < -0.3 is 10.1 Å². The van der Waals surface area contributed by atoms with Crippen LogP contribution in [0, 0.1) is 11.3 Å². The summed E-state index contributed by atoms with van der Waals surface area (Å²) in [7, 11) is 0. The van der Waals surface area contributed by atoms with Crippen molar-refractivity contribution in [1.82, 2.24) is 5.32 Å². The van der Waals surface area contributed by atoms with E-state index in [0.717, 1.165) is 25.9 Å². The van der Waals surface area contributed by atoms with Crippen LogP contribution in [0.15, 0.2) is 18.2 Å². The second kappa shape index (κ2) is 5.20. The van der Waals surface area contributed by atoms with Gasteiger partial charge in [0.2, 0.25) is 0 Å². The van der Waals surface area contributed by atoms with Crippen LogP contribution in [-0.2, 0) is 0 Å². The van der Waals surface area contributed by atoms with Gasteiger partial charge in [0, 0.05) is 6.54 Å². The van der Waals surface area contributed by atoms with E-state index in [-0.39, 0.29) is 6.10 Å². The molecule has 0 aliphatic carbocycles. The van der Waals surface area contributed by atoms with Gasteiger partial charge in [0.05, 0.1) is 5.02 Å². The lowest BCUT2D eigenvalue weighted by molar-refractivity contribution is 0.166. The average molecular weight is 237 g/mol. The zero-order valence-corrected chi connectivity index (χ0v) is 9.63. The van der Waals surface area contributed by atoms with Gasteiger partial charge in [-0.3, -0.25) is 0 Å². The summed E-state index contributed by atoms with van der Waals surface area (Å²) in [5.74, 6) is 0.587. The predicted molar refractivity (Wildman–Crippen MR) is 62.7 cm³/mol. The monoisotopic (exact) mass is 236 g/mol. The molecule has 0 saturated carbocycles. The van der Waals surface area contributed by atoms with Gasteiger partial charge in [-0.25, -0.2) is 0 Å². The van der Waals surface area contributed by atoms with Gasteiger partial charge in [0.15, 0.2) is 0 Å². The second-order valence-corrected chi connectivity index (χ2v) is 4.22. The van der Waals surface area contributed by atoms with Crippen molar-refractivity contribution in [3.05, 3.63) is 28.8 Å². The second-order valence-electron chi connectivity index (χ2n) is 3.81. The lowest BCUT2D eigenvalue weighted by atomic mass is 10.1. The van der Waals surface area contributed by atoms with E-state index in [1.54, 1.807) is 18.2 Å². The van der Waals surface area contributed by atoms with Crippen LogP contribution in [0.3, 0.4) is 0 Å². The molecule has 2 rings (SSSR count). The van der Waals surface area contributed by atoms with Gasteiger partial charge in [-0.2, -0.15) is 5.26 Å². The van der Waals surface area contributed by atoms with E-state index < -0.39 is 0 Å². The number of nitriles is 1. The molecule has 1 N–H and O–H groups in total. The molecule has 0 bridgehead atoms. The highest BCUT2D eigenvalue weighted by Gasteiger charge is 2.16. The van der Waals surface area contributed by atoms with E-state index in [1.807, 2.05) is 0 Å². The summed E-state index contributed by atoms with van der Waals surface area (Å²) in [6.45, 7) is 1.87. The molecule has 1 saturated heterocycles. The molecule has 1 aromatic rings. The number of nitrogens with one attached hydrogen (secondary N) is 1. The molecule has 0 radical (unpaired) electrons. The van der Waals surface area contributed by atoms with Crippen LogP contribution < -0.4 is 10.1 Å². The molecule has 1 aromatic carbocycles.